The van der Waals surface area contributed by atoms with E-state index in [9.17, 15) is 4.39 Å². The van der Waals surface area contributed by atoms with Gasteiger partial charge in [0.2, 0.25) is 0 Å². The molecule has 158 valence electrons. The molecule has 1 aliphatic rings. The lowest BCUT2D eigenvalue weighted by molar-refractivity contribution is 0.187. The van der Waals surface area contributed by atoms with Gasteiger partial charge < -0.3 is 20.4 Å². The Morgan fingerprint density at radius 3 is 2.61 bits per heavy atom. The molecule has 0 atom stereocenters. The quantitative estimate of drug-likeness (QED) is 0.528. The summed E-state index contributed by atoms with van der Waals surface area (Å²) in [6.45, 7) is 12.1. The molecule has 0 radical (unpaired) electrons. The number of guanidine groups is 1. The Kier molecular flexibility index (Phi) is 9.19. The van der Waals surface area contributed by atoms with Crippen molar-refractivity contribution in [2.24, 2.45) is 10.9 Å². The van der Waals surface area contributed by atoms with Gasteiger partial charge in [0.1, 0.15) is 5.82 Å². The zero-order valence-corrected chi connectivity index (χ0v) is 18.3. The van der Waals surface area contributed by atoms with Crippen molar-refractivity contribution in [3.63, 3.8) is 0 Å². The van der Waals surface area contributed by atoms with Crippen LogP contribution in [0.15, 0.2) is 23.2 Å². The van der Waals surface area contributed by atoms with E-state index in [0.717, 1.165) is 49.9 Å². The Morgan fingerprint density at radius 2 is 2.00 bits per heavy atom. The molecule has 0 unspecified atom stereocenters. The van der Waals surface area contributed by atoms with Crippen LogP contribution in [0.2, 0.25) is 0 Å². The van der Waals surface area contributed by atoms with Crippen LogP contribution in [0.4, 0.5) is 4.39 Å². The SMILES string of the molecule is CCNC(=NCc1ccc(F)c(CN(C)C)c1)NC1CCN(CC(C)C)CC1. The molecule has 0 aromatic heterocycles. The molecule has 28 heavy (non-hydrogen) atoms. The number of hydrogen-bond acceptors (Lipinski definition) is 3. The van der Waals surface area contributed by atoms with Crippen molar-refractivity contribution in [2.45, 2.75) is 52.7 Å². The van der Waals surface area contributed by atoms with Gasteiger partial charge in [0, 0.05) is 44.3 Å². The van der Waals surface area contributed by atoms with Gasteiger partial charge in [0.15, 0.2) is 5.96 Å². The van der Waals surface area contributed by atoms with Gasteiger partial charge >= 0.3 is 0 Å². The molecule has 1 fully saturated rings. The van der Waals surface area contributed by atoms with E-state index in [1.165, 1.54) is 6.54 Å². The van der Waals surface area contributed by atoms with Crippen LogP contribution in [0.5, 0.6) is 0 Å². The van der Waals surface area contributed by atoms with Crippen LogP contribution in [-0.2, 0) is 13.1 Å². The Morgan fingerprint density at radius 1 is 1.29 bits per heavy atom. The van der Waals surface area contributed by atoms with Gasteiger partial charge in [0.25, 0.3) is 0 Å². The summed E-state index contributed by atoms with van der Waals surface area (Å²) < 4.78 is 14.0. The van der Waals surface area contributed by atoms with E-state index in [2.05, 4.69) is 36.3 Å². The number of nitrogens with zero attached hydrogens (tertiary/aromatic N) is 3. The second-order valence-corrected chi connectivity index (χ2v) is 8.47. The summed E-state index contributed by atoms with van der Waals surface area (Å²) in [5, 5.41) is 6.93. The monoisotopic (exact) mass is 391 g/mol. The Bertz CT molecular complexity index is 621. The zero-order chi connectivity index (χ0) is 20.5. The average molecular weight is 392 g/mol. The normalized spacial score (nSPS) is 16.8. The predicted molar refractivity (Wildman–Crippen MR) is 116 cm³/mol. The highest BCUT2D eigenvalue weighted by Gasteiger charge is 2.20. The minimum Gasteiger partial charge on any atom is -0.357 e. The van der Waals surface area contributed by atoms with E-state index in [-0.39, 0.29) is 5.82 Å². The topological polar surface area (TPSA) is 42.9 Å². The highest BCUT2D eigenvalue weighted by molar-refractivity contribution is 5.80. The van der Waals surface area contributed by atoms with Crippen molar-refractivity contribution >= 4 is 5.96 Å². The number of likely N-dealkylation sites (tertiary alicyclic amines) is 1. The summed E-state index contributed by atoms with van der Waals surface area (Å²) in [5.74, 6) is 1.42. The molecule has 2 N–H and O–H groups in total. The van der Waals surface area contributed by atoms with Gasteiger partial charge in [-0.25, -0.2) is 9.38 Å². The van der Waals surface area contributed by atoms with Crippen LogP contribution in [-0.4, -0.2) is 62.1 Å². The van der Waals surface area contributed by atoms with Crippen LogP contribution in [0.1, 0.15) is 44.7 Å². The molecule has 6 heteroatoms. The Balaban J connectivity index is 1.94. The molecule has 1 aliphatic heterocycles. The molecule has 0 spiro atoms. The summed E-state index contributed by atoms with van der Waals surface area (Å²) >= 11 is 0. The lowest BCUT2D eigenvalue weighted by atomic mass is 10.0. The second kappa shape index (κ2) is 11.4. The fourth-order valence-corrected chi connectivity index (χ4v) is 3.65. The average Bonchev–Trinajstić information content (AvgIpc) is 2.63. The smallest absolute Gasteiger partial charge is 0.191 e. The number of nitrogens with one attached hydrogen (secondary N) is 2. The lowest BCUT2D eigenvalue weighted by Gasteiger charge is -2.34. The van der Waals surface area contributed by atoms with Crippen molar-refractivity contribution in [3.8, 4) is 0 Å². The van der Waals surface area contributed by atoms with Gasteiger partial charge in [-0.1, -0.05) is 19.9 Å². The minimum atomic E-state index is -0.153. The Hall–Kier alpha value is -1.66. The second-order valence-electron chi connectivity index (χ2n) is 8.47. The van der Waals surface area contributed by atoms with E-state index >= 15 is 0 Å². The fourth-order valence-electron chi connectivity index (χ4n) is 3.65. The molecule has 1 heterocycles. The number of aliphatic imine (C=N–C) groups is 1. The largest absolute Gasteiger partial charge is 0.357 e. The van der Waals surface area contributed by atoms with E-state index in [1.807, 2.05) is 31.1 Å². The Labute approximate surface area is 170 Å². The van der Waals surface area contributed by atoms with Crippen LogP contribution < -0.4 is 10.6 Å². The van der Waals surface area contributed by atoms with Gasteiger partial charge in [-0.3, -0.25) is 0 Å². The highest BCUT2D eigenvalue weighted by atomic mass is 19.1. The van der Waals surface area contributed by atoms with Crippen molar-refractivity contribution in [1.82, 2.24) is 20.4 Å². The molecular weight excluding hydrogens is 353 g/mol. The molecule has 0 bridgehead atoms. The molecule has 0 amide bonds. The minimum absolute atomic E-state index is 0.153. The molecule has 1 aromatic carbocycles. The summed E-state index contributed by atoms with van der Waals surface area (Å²) in [6.07, 6.45) is 2.28. The zero-order valence-electron chi connectivity index (χ0n) is 18.3. The van der Waals surface area contributed by atoms with Crippen molar-refractivity contribution in [3.05, 3.63) is 35.1 Å². The maximum atomic E-state index is 14.0. The van der Waals surface area contributed by atoms with Gasteiger partial charge in [-0.05, 0) is 57.5 Å². The molecule has 0 saturated carbocycles. The van der Waals surface area contributed by atoms with Gasteiger partial charge in [-0.15, -0.1) is 0 Å². The first-order chi connectivity index (χ1) is 13.4. The number of benzene rings is 1. The van der Waals surface area contributed by atoms with Gasteiger partial charge in [0.05, 0.1) is 6.54 Å². The number of hydrogen-bond donors (Lipinski definition) is 2. The van der Waals surface area contributed by atoms with E-state index < -0.39 is 0 Å². The molecule has 2 rings (SSSR count). The summed E-state index contributed by atoms with van der Waals surface area (Å²) in [7, 11) is 3.90. The third-order valence-electron chi connectivity index (χ3n) is 4.91. The third-order valence-corrected chi connectivity index (χ3v) is 4.91. The van der Waals surface area contributed by atoms with E-state index in [4.69, 9.17) is 4.99 Å². The maximum Gasteiger partial charge on any atom is 0.191 e. The molecule has 0 aliphatic carbocycles. The lowest BCUT2D eigenvalue weighted by Crippen LogP contribution is -2.49. The maximum absolute atomic E-state index is 14.0. The van der Waals surface area contributed by atoms with E-state index in [0.29, 0.717) is 24.7 Å². The number of piperidine rings is 1. The van der Waals surface area contributed by atoms with Crippen LogP contribution in [0, 0.1) is 11.7 Å². The van der Waals surface area contributed by atoms with Crippen molar-refractivity contribution < 1.29 is 4.39 Å². The van der Waals surface area contributed by atoms with E-state index in [1.54, 1.807) is 6.07 Å². The summed E-state index contributed by atoms with van der Waals surface area (Å²) in [5.41, 5.74) is 1.75. The predicted octanol–water partition coefficient (Wildman–Crippen LogP) is 3.06. The summed E-state index contributed by atoms with van der Waals surface area (Å²) in [6, 6.07) is 5.76. The van der Waals surface area contributed by atoms with Crippen molar-refractivity contribution in [2.75, 3.05) is 40.3 Å². The third kappa shape index (κ3) is 7.76. The molecule has 1 saturated heterocycles. The fraction of sp³-hybridized carbons (Fsp3) is 0.682. The van der Waals surface area contributed by atoms with Crippen molar-refractivity contribution in [1.29, 1.82) is 0 Å². The van der Waals surface area contributed by atoms with Crippen LogP contribution >= 0.6 is 0 Å². The molecule has 5 nitrogen and oxygen atoms in total. The molecular formula is C22H38FN5. The number of rotatable bonds is 8. The first kappa shape index (κ1) is 22.6. The standard InChI is InChI=1S/C22H38FN5/c1-6-24-22(26-20-9-11-28(12-10-20)15-17(2)3)25-14-18-7-8-21(23)19(13-18)16-27(4)5/h7-8,13,17,20H,6,9-12,14-16H2,1-5H3,(H2,24,25,26). The van der Waals surface area contributed by atoms with Crippen LogP contribution in [0.3, 0.4) is 0 Å². The first-order valence-corrected chi connectivity index (χ1v) is 10.6. The summed E-state index contributed by atoms with van der Waals surface area (Å²) in [4.78, 5) is 9.27. The molecule has 1 aromatic rings. The first-order valence-electron chi connectivity index (χ1n) is 10.6. The highest BCUT2D eigenvalue weighted by Crippen LogP contribution is 2.14. The van der Waals surface area contributed by atoms with Crippen LogP contribution in [0.25, 0.3) is 0 Å². The van der Waals surface area contributed by atoms with Gasteiger partial charge in [-0.2, -0.15) is 0 Å². The number of halogens is 1.